The molecule has 156 valence electrons. The van der Waals surface area contributed by atoms with E-state index >= 15 is 0 Å². The molecule has 3 aromatic rings. The molecule has 1 saturated heterocycles. The lowest BCUT2D eigenvalue weighted by Gasteiger charge is -2.29. The van der Waals surface area contributed by atoms with Crippen LogP contribution in [0.5, 0.6) is 0 Å². The van der Waals surface area contributed by atoms with Crippen molar-refractivity contribution < 1.29 is 21.6 Å². The number of nitrogens with zero attached hydrogens (tertiary/aromatic N) is 2. The third-order valence-corrected chi connectivity index (χ3v) is 6.49. The fourth-order valence-electron chi connectivity index (χ4n) is 3.24. The van der Waals surface area contributed by atoms with E-state index in [4.69, 9.17) is 0 Å². The first-order valence-electron chi connectivity index (χ1n) is 8.63. The van der Waals surface area contributed by atoms with Crippen LogP contribution in [0.4, 0.5) is 18.9 Å². The second-order valence-electron chi connectivity index (χ2n) is 6.52. The van der Waals surface area contributed by atoms with Crippen LogP contribution in [-0.2, 0) is 16.0 Å². The molecule has 29 heavy (non-hydrogen) atoms. The van der Waals surface area contributed by atoms with Gasteiger partial charge in [-0.2, -0.15) is 18.3 Å². The average molecular weight is 447 g/mol. The molecule has 1 fully saturated rings. The minimum absolute atomic E-state index is 0. The normalized spacial score (nSPS) is 15.3. The molecule has 1 aromatic heterocycles. The van der Waals surface area contributed by atoms with Crippen molar-refractivity contribution in [1.82, 2.24) is 15.5 Å². The largest absolute Gasteiger partial charge is 0.416 e. The maximum atomic E-state index is 12.9. The Morgan fingerprint density at radius 3 is 2.28 bits per heavy atom. The summed E-state index contributed by atoms with van der Waals surface area (Å²) in [6, 6.07) is 8.74. The number of fused-ring (bicyclic) bond motifs is 1. The molecule has 1 aliphatic heterocycles. The molecule has 0 atom stereocenters. The van der Waals surface area contributed by atoms with Gasteiger partial charge in [0.25, 0.3) is 0 Å². The number of anilines is 1. The molecular formula is C18H18ClF3N4O2S. The van der Waals surface area contributed by atoms with Gasteiger partial charge in [0, 0.05) is 37.3 Å². The standard InChI is InChI=1S/C18H17F3N4O2S.ClH/c19-18(20,21)12-1-4-14(5-2-12)28(26,27)17-15-6-3-13(11-16(15)23-24-17)25-9-7-22-8-10-25;/h1-6,11,22H,7-10H2,(H,23,24);1H. The second-order valence-corrected chi connectivity index (χ2v) is 8.40. The molecule has 0 amide bonds. The zero-order chi connectivity index (χ0) is 19.9. The Bertz CT molecular complexity index is 1110. The first kappa shape index (κ1) is 21.4. The van der Waals surface area contributed by atoms with Gasteiger partial charge in [0.15, 0.2) is 5.03 Å². The number of benzene rings is 2. The fraction of sp³-hybridized carbons (Fsp3) is 0.278. The lowest BCUT2D eigenvalue weighted by atomic mass is 10.2. The molecule has 2 aromatic carbocycles. The van der Waals surface area contributed by atoms with Crippen molar-refractivity contribution in [1.29, 1.82) is 0 Å². The van der Waals surface area contributed by atoms with Gasteiger partial charge < -0.3 is 10.2 Å². The Morgan fingerprint density at radius 2 is 1.66 bits per heavy atom. The van der Waals surface area contributed by atoms with Crippen LogP contribution in [0, 0.1) is 0 Å². The smallest absolute Gasteiger partial charge is 0.369 e. The van der Waals surface area contributed by atoms with E-state index in [-0.39, 0.29) is 22.3 Å². The summed E-state index contributed by atoms with van der Waals surface area (Å²) >= 11 is 0. The number of H-pyrrole nitrogens is 1. The molecule has 0 bridgehead atoms. The fourth-order valence-corrected chi connectivity index (χ4v) is 4.60. The van der Waals surface area contributed by atoms with Gasteiger partial charge in [0.05, 0.1) is 16.0 Å². The van der Waals surface area contributed by atoms with Crippen molar-refractivity contribution in [3.05, 3.63) is 48.0 Å². The zero-order valence-corrected chi connectivity index (χ0v) is 16.7. The Labute approximate surface area is 171 Å². The number of nitrogens with one attached hydrogen (secondary N) is 2. The van der Waals surface area contributed by atoms with Crippen LogP contribution in [0.25, 0.3) is 10.9 Å². The Hall–Kier alpha value is -2.30. The number of piperazine rings is 1. The summed E-state index contributed by atoms with van der Waals surface area (Å²) in [6.07, 6.45) is -4.52. The van der Waals surface area contributed by atoms with Gasteiger partial charge >= 0.3 is 6.18 Å². The third kappa shape index (κ3) is 4.05. The summed E-state index contributed by atoms with van der Waals surface area (Å²) in [5.41, 5.74) is 0.530. The summed E-state index contributed by atoms with van der Waals surface area (Å²) in [6.45, 7) is 3.41. The molecule has 6 nitrogen and oxygen atoms in total. The molecule has 2 heterocycles. The summed E-state index contributed by atoms with van der Waals surface area (Å²) in [5.74, 6) is 0. The van der Waals surface area contributed by atoms with Crippen LogP contribution in [0.3, 0.4) is 0 Å². The lowest BCUT2D eigenvalue weighted by Crippen LogP contribution is -2.43. The predicted octanol–water partition coefficient (Wildman–Crippen LogP) is 3.25. The number of hydrogen-bond donors (Lipinski definition) is 2. The molecule has 0 saturated carbocycles. The first-order valence-corrected chi connectivity index (χ1v) is 10.1. The number of halogens is 4. The van der Waals surface area contributed by atoms with E-state index in [0.29, 0.717) is 10.9 Å². The number of sulfone groups is 1. The molecule has 0 spiro atoms. The topological polar surface area (TPSA) is 78.1 Å². The number of alkyl halides is 3. The Balaban J connectivity index is 0.00000240. The highest BCUT2D eigenvalue weighted by Gasteiger charge is 2.31. The van der Waals surface area contributed by atoms with Crippen LogP contribution in [-0.4, -0.2) is 44.8 Å². The molecule has 2 N–H and O–H groups in total. The molecule has 0 radical (unpaired) electrons. The van der Waals surface area contributed by atoms with Gasteiger partial charge in [0.1, 0.15) is 0 Å². The first-order chi connectivity index (χ1) is 13.3. The molecule has 1 aliphatic rings. The predicted molar refractivity (Wildman–Crippen MR) is 105 cm³/mol. The number of aromatic amines is 1. The van der Waals surface area contributed by atoms with E-state index in [1.54, 1.807) is 6.07 Å². The van der Waals surface area contributed by atoms with Crippen LogP contribution >= 0.6 is 12.4 Å². The second kappa shape index (κ2) is 7.85. The van der Waals surface area contributed by atoms with Crippen molar-refractivity contribution in [2.45, 2.75) is 16.1 Å². The minimum atomic E-state index is -4.52. The zero-order valence-electron chi connectivity index (χ0n) is 15.0. The van der Waals surface area contributed by atoms with Crippen LogP contribution < -0.4 is 10.2 Å². The van der Waals surface area contributed by atoms with E-state index in [1.807, 2.05) is 12.1 Å². The number of rotatable bonds is 3. The average Bonchev–Trinajstić information content (AvgIpc) is 3.12. The Morgan fingerprint density at radius 1 is 1.00 bits per heavy atom. The maximum absolute atomic E-state index is 12.9. The summed E-state index contributed by atoms with van der Waals surface area (Å²) in [5, 5.41) is 10.2. The van der Waals surface area contributed by atoms with E-state index < -0.39 is 21.6 Å². The summed E-state index contributed by atoms with van der Waals surface area (Å²) in [4.78, 5) is 1.95. The summed E-state index contributed by atoms with van der Waals surface area (Å²) in [7, 11) is -4.03. The minimum Gasteiger partial charge on any atom is -0.369 e. The van der Waals surface area contributed by atoms with E-state index in [0.717, 1.165) is 56.1 Å². The maximum Gasteiger partial charge on any atom is 0.416 e. The van der Waals surface area contributed by atoms with Gasteiger partial charge in [-0.15, -0.1) is 12.4 Å². The quantitative estimate of drug-likeness (QED) is 0.645. The summed E-state index contributed by atoms with van der Waals surface area (Å²) < 4.78 is 63.9. The molecule has 0 aliphatic carbocycles. The van der Waals surface area contributed by atoms with Crippen molar-refractivity contribution in [2.75, 3.05) is 31.1 Å². The lowest BCUT2D eigenvalue weighted by molar-refractivity contribution is -0.137. The highest BCUT2D eigenvalue weighted by Crippen LogP contribution is 2.32. The highest BCUT2D eigenvalue weighted by atomic mass is 35.5. The number of aromatic nitrogens is 2. The highest BCUT2D eigenvalue weighted by molar-refractivity contribution is 7.91. The molecule has 0 unspecified atom stereocenters. The van der Waals surface area contributed by atoms with Crippen LogP contribution in [0.2, 0.25) is 0 Å². The van der Waals surface area contributed by atoms with Gasteiger partial charge in [-0.25, -0.2) is 8.42 Å². The van der Waals surface area contributed by atoms with E-state index in [2.05, 4.69) is 20.4 Å². The van der Waals surface area contributed by atoms with E-state index in [1.165, 1.54) is 0 Å². The van der Waals surface area contributed by atoms with Crippen LogP contribution in [0.1, 0.15) is 5.56 Å². The third-order valence-electron chi connectivity index (χ3n) is 4.75. The number of hydrogen-bond acceptors (Lipinski definition) is 5. The SMILES string of the molecule is Cl.O=S(=O)(c1ccc(C(F)(F)F)cc1)c1[nH]nc2cc(N3CCNCC3)ccc12. The Kier molecular flexibility index (Phi) is 5.79. The van der Waals surface area contributed by atoms with Gasteiger partial charge in [-0.1, -0.05) is 0 Å². The van der Waals surface area contributed by atoms with Crippen molar-refractivity contribution in [3.8, 4) is 0 Å². The van der Waals surface area contributed by atoms with Gasteiger partial charge in [-0.05, 0) is 42.5 Å². The molecule has 11 heteroatoms. The van der Waals surface area contributed by atoms with Crippen molar-refractivity contribution >= 4 is 38.8 Å². The van der Waals surface area contributed by atoms with E-state index in [9.17, 15) is 21.6 Å². The van der Waals surface area contributed by atoms with Crippen molar-refractivity contribution in [2.24, 2.45) is 0 Å². The molecule has 4 rings (SSSR count). The van der Waals surface area contributed by atoms with Crippen molar-refractivity contribution in [3.63, 3.8) is 0 Å². The molecular weight excluding hydrogens is 429 g/mol. The monoisotopic (exact) mass is 446 g/mol. The van der Waals surface area contributed by atoms with Gasteiger partial charge in [-0.3, -0.25) is 5.10 Å². The van der Waals surface area contributed by atoms with Gasteiger partial charge in [0.2, 0.25) is 9.84 Å². The van der Waals surface area contributed by atoms with Crippen LogP contribution in [0.15, 0.2) is 52.4 Å².